The molecule has 0 aromatic heterocycles. The van der Waals surface area contributed by atoms with E-state index in [0.29, 0.717) is 39.6 Å². The molecule has 0 radical (unpaired) electrons. The van der Waals surface area contributed by atoms with Crippen LogP contribution < -0.4 is 30.6 Å². The minimum absolute atomic E-state index is 0.0253. The van der Waals surface area contributed by atoms with Crippen molar-refractivity contribution in [1.29, 1.82) is 0 Å². The van der Waals surface area contributed by atoms with Crippen molar-refractivity contribution in [3.63, 3.8) is 0 Å². The summed E-state index contributed by atoms with van der Waals surface area (Å²) in [6.07, 6.45) is 0.0505. The lowest BCUT2D eigenvalue weighted by Gasteiger charge is -2.37. The number of aryl methyl sites for hydroxylation is 4. The largest absolute Gasteiger partial charge is 0.456 e. The summed E-state index contributed by atoms with van der Waals surface area (Å²) in [7, 11) is 0. The van der Waals surface area contributed by atoms with E-state index in [2.05, 4.69) is 10.6 Å². The molecule has 0 fully saturated rings. The highest BCUT2D eigenvalue weighted by Crippen LogP contribution is 2.57. The van der Waals surface area contributed by atoms with Crippen molar-refractivity contribution >= 4 is 47.0 Å². The highest BCUT2D eigenvalue weighted by Gasteiger charge is 2.54. The quantitative estimate of drug-likeness (QED) is 0.0853. The Morgan fingerprint density at radius 2 is 1.06 bits per heavy atom. The number of hydrogen-bond acceptors (Lipinski definition) is 10. The molecule has 2 heterocycles. The van der Waals surface area contributed by atoms with E-state index in [1.807, 2.05) is 67.5 Å². The van der Waals surface area contributed by atoms with Gasteiger partial charge < -0.3 is 35.3 Å². The van der Waals surface area contributed by atoms with Gasteiger partial charge in [-0.15, -0.1) is 0 Å². The molecule has 2 aliphatic heterocycles. The zero-order valence-corrected chi connectivity index (χ0v) is 37.6. The lowest BCUT2D eigenvalue weighted by Crippen LogP contribution is -2.33. The van der Waals surface area contributed by atoms with E-state index in [1.54, 1.807) is 54.6 Å². The number of primary amides is 1. The highest BCUT2D eigenvalue weighted by atomic mass is 16.6. The summed E-state index contributed by atoms with van der Waals surface area (Å²) in [6, 6.07) is 22.1. The number of nitrogens with two attached hydrogens (primary N) is 1. The number of nitrogens with one attached hydrogen (secondary N) is 2. The monoisotopic (exact) mass is 865 g/mol. The van der Waals surface area contributed by atoms with E-state index in [0.717, 1.165) is 33.4 Å². The fourth-order valence-corrected chi connectivity index (χ4v) is 9.49. The van der Waals surface area contributed by atoms with E-state index in [1.165, 1.54) is 26.0 Å². The van der Waals surface area contributed by atoms with Gasteiger partial charge in [0.2, 0.25) is 17.7 Å². The number of amides is 3. The van der Waals surface area contributed by atoms with Crippen LogP contribution in [0.4, 0.5) is 11.4 Å². The topological polar surface area (TPSA) is 189 Å². The van der Waals surface area contributed by atoms with Gasteiger partial charge in [-0.05, 0) is 98.5 Å². The lowest BCUT2D eigenvalue weighted by atomic mass is 9.77. The van der Waals surface area contributed by atoms with E-state index in [-0.39, 0.29) is 47.3 Å². The van der Waals surface area contributed by atoms with E-state index < -0.39 is 40.2 Å². The molecule has 7 rings (SSSR count). The molecule has 0 aliphatic carbocycles. The third kappa shape index (κ3) is 8.45. The van der Waals surface area contributed by atoms with Crippen LogP contribution >= 0.6 is 0 Å². The summed E-state index contributed by atoms with van der Waals surface area (Å²) < 4.78 is 24.1. The maximum Gasteiger partial charge on any atom is 0.340 e. The highest BCUT2D eigenvalue weighted by molar-refractivity contribution is 6.01. The third-order valence-corrected chi connectivity index (χ3v) is 11.6. The van der Waals surface area contributed by atoms with Crippen LogP contribution in [0, 0.1) is 27.7 Å². The number of esters is 3. The molecule has 0 saturated carbocycles. The molecule has 5 aromatic carbocycles. The van der Waals surface area contributed by atoms with Crippen molar-refractivity contribution in [2.24, 2.45) is 5.73 Å². The Bertz CT molecular complexity index is 2690. The Kier molecular flexibility index (Phi) is 11.5. The van der Waals surface area contributed by atoms with Gasteiger partial charge in [0, 0.05) is 94.4 Å². The Morgan fingerprint density at radius 3 is 1.48 bits per heavy atom. The molecule has 0 bridgehead atoms. The second kappa shape index (κ2) is 16.4. The molecule has 64 heavy (non-hydrogen) atoms. The fraction of sp³-hybridized carbons (Fsp3) is 0.294. The van der Waals surface area contributed by atoms with Crippen molar-refractivity contribution in [2.75, 3.05) is 10.6 Å². The molecule has 0 unspecified atom stereocenters. The Balaban J connectivity index is 1.22. The first-order valence-corrected chi connectivity index (χ1v) is 20.8. The molecule has 2 aliphatic rings. The standard InChI is InChI=1S/C51H51N3O10/c1-26-17-28(3)45(41(19-26)61-30(5)55)49(7,8)24-43(57)53-33-12-15-37-39(22-33)63-40-23-34(13-16-38(40)51(37)36-14-11-32(47(52)59)21-35(36)48(60)64-51)54-44(58)25-50(9,10)46-29(4)18-27(2)20-42(46)62-31(6)56/h11-23H,24-25H2,1-10H3,(H2,52,59)(H,53,57)(H,54,58). The normalized spacial score (nSPS) is 13.4. The van der Waals surface area contributed by atoms with Gasteiger partial charge in [-0.2, -0.15) is 0 Å². The first kappa shape index (κ1) is 44.8. The van der Waals surface area contributed by atoms with Crippen LogP contribution in [0.1, 0.15) is 125 Å². The molecule has 330 valence electrons. The van der Waals surface area contributed by atoms with Crippen molar-refractivity contribution in [3.8, 4) is 23.0 Å². The van der Waals surface area contributed by atoms with E-state index in [4.69, 9.17) is 24.7 Å². The lowest BCUT2D eigenvalue weighted by molar-refractivity contribution is -0.133. The van der Waals surface area contributed by atoms with Gasteiger partial charge in [-0.3, -0.25) is 24.0 Å². The maximum absolute atomic E-state index is 13.8. The molecule has 13 heteroatoms. The summed E-state index contributed by atoms with van der Waals surface area (Å²) in [5.41, 5.74) is 9.99. The van der Waals surface area contributed by atoms with Gasteiger partial charge in [0.25, 0.3) is 0 Å². The van der Waals surface area contributed by atoms with Crippen molar-refractivity contribution in [2.45, 2.75) is 98.5 Å². The summed E-state index contributed by atoms with van der Waals surface area (Å²) >= 11 is 0. The second-order valence-corrected chi connectivity index (χ2v) is 18.0. The number of carbonyl (C=O) groups is 6. The number of hydrogen-bond donors (Lipinski definition) is 3. The van der Waals surface area contributed by atoms with Crippen LogP contribution in [0.5, 0.6) is 23.0 Å². The van der Waals surface area contributed by atoms with Gasteiger partial charge in [-0.1, -0.05) is 45.9 Å². The molecule has 13 nitrogen and oxygen atoms in total. The first-order valence-electron chi connectivity index (χ1n) is 20.8. The Labute approximate surface area is 371 Å². The summed E-state index contributed by atoms with van der Waals surface area (Å²) in [5.74, 6) is -1.66. The van der Waals surface area contributed by atoms with Crippen molar-refractivity contribution in [1.82, 2.24) is 0 Å². The molecule has 0 saturated heterocycles. The summed E-state index contributed by atoms with van der Waals surface area (Å²) in [5, 5.41) is 5.97. The number of benzene rings is 5. The molecule has 3 amide bonds. The van der Waals surface area contributed by atoms with Gasteiger partial charge in [0.1, 0.15) is 23.0 Å². The average molecular weight is 866 g/mol. The minimum atomic E-state index is -1.55. The molecule has 4 N–H and O–H groups in total. The number of anilines is 2. The minimum Gasteiger partial charge on any atom is -0.456 e. The van der Waals surface area contributed by atoms with Crippen LogP contribution in [0.15, 0.2) is 78.9 Å². The number of fused-ring (bicyclic) bond motifs is 6. The molecule has 1 spiro atoms. The molecule has 0 atom stereocenters. The first-order chi connectivity index (χ1) is 30.0. The van der Waals surface area contributed by atoms with Crippen LogP contribution in [0.2, 0.25) is 0 Å². The molecule has 5 aromatic rings. The Morgan fingerprint density at radius 1 is 0.625 bits per heavy atom. The predicted octanol–water partition coefficient (Wildman–Crippen LogP) is 9.05. The number of carbonyl (C=O) groups excluding carboxylic acids is 6. The van der Waals surface area contributed by atoms with Crippen molar-refractivity contribution < 1.29 is 47.7 Å². The summed E-state index contributed by atoms with van der Waals surface area (Å²) in [6.45, 7) is 17.9. The van der Waals surface area contributed by atoms with Gasteiger partial charge in [0.05, 0.1) is 5.56 Å². The fourth-order valence-electron chi connectivity index (χ4n) is 9.49. The zero-order valence-electron chi connectivity index (χ0n) is 37.6. The average Bonchev–Trinajstić information content (AvgIpc) is 3.44. The van der Waals surface area contributed by atoms with Crippen LogP contribution in [0.25, 0.3) is 0 Å². The third-order valence-electron chi connectivity index (χ3n) is 11.6. The smallest absolute Gasteiger partial charge is 0.340 e. The SMILES string of the molecule is CC(=O)Oc1cc(C)cc(C)c1C(C)(C)CC(=O)Nc1ccc2c(c1)Oc1cc(NC(=O)CC(C)(C)c3c(C)cc(C)cc3OC(C)=O)ccc1C21OC(=O)c2cc(C(N)=O)ccc21. The van der Waals surface area contributed by atoms with Gasteiger partial charge in [-0.25, -0.2) is 4.79 Å². The number of rotatable bonds is 11. The molecular weight excluding hydrogens is 815 g/mol. The Hall–Kier alpha value is -7.28. The van der Waals surface area contributed by atoms with Gasteiger partial charge in [0.15, 0.2) is 5.60 Å². The molecular formula is C51H51N3O10. The van der Waals surface area contributed by atoms with Crippen molar-refractivity contribution in [3.05, 3.63) is 140 Å². The van der Waals surface area contributed by atoms with E-state index in [9.17, 15) is 28.8 Å². The predicted molar refractivity (Wildman–Crippen MR) is 240 cm³/mol. The van der Waals surface area contributed by atoms with E-state index >= 15 is 0 Å². The summed E-state index contributed by atoms with van der Waals surface area (Å²) in [4.78, 5) is 77.6. The second-order valence-electron chi connectivity index (χ2n) is 18.0. The van der Waals surface area contributed by atoms with Crippen LogP contribution in [-0.2, 0) is 40.3 Å². The maximum atomic E-state index is 13.8. The van der Waals surface area contributed by atoms with Gasteiger partial charge >= 0.3 is 17.9 Å². The van der Waals surface area contributed by atoms with Crippen LogP contribution in [0.3, 0.4) is 0 Å². The zero-order chi connectivity index (χ0) is 46.6. The number of ether oxygens (including phenoxy) is 4. The van der Waals surface area contributed by atoms with Crippen LogP contribution in [-0.4, -0.2) is 35.6 Å².